The summed E-state index contributed by atoms with van der Waals surface area (Å²) in [4.78, 5) is 17.7. The third-order valence-electron chi connectivity index (χ3n) is 3.52. The minimum absolute atomic E-state index is 0.126. The lowest BCUT2D eigenvalue weighted by atomic mass is 10.1. The van der Waals surface area contributed by atoms with Gasteiger partial charge in [-0.15, -0.1) is 11.3 Å². The third-order valence-corrected chi connectivity index (χ3v) is 5.65. The summed E-state index contributed by atoms with van der Waals surface area (Å²) in [6.07, 6.45) is 5.04. The number of aromatic nitrogens is 1. The Morgan fingerprint density at radius 2 is 2.45 bits per heavy atom. The maximum atomic E-state index is 11.9. The second-order valence-corrected chi connectivity index (χ2v) is 7.29. The van der Waals surface area contributed by atoms with Gasteiger partial charge in [0.1, 0.15) is 5.92 Å². The van der Waals surface area contributed by atoms with Gasteiger partial charge in [-0.25, -0.2) is 4.98 Å². The molecule has 6 heteroatoms. The van der Waals surface area contributed by atoms with Crippen LogP contribution in [-0.2, 0) is 16.0 Å². The van der Waals surface area contributed by atoms with E-state index in [1.54, 1.807) is 11.3 Å². The van der Waals surface area contributed by atoms with Crippen LogP contribution in [0.5, 0.6) is 0 Å². The van der Waals surface area contributed by atoms with Crippen molar-refractivity contribution in [2.24, 2.45) is 0 Å². The summed E-state index contributed by atoms with van der Waals surface area (Å²) in [6.45, 7) is 5.44. The molecule has 0 saturated carbocycles. The summed E-state index contributed by atoms with van der Waals surface area (Å²) in [5.41, 5.74) is 0.939. The molecule has 2 unspecified atom stereocenters. The number of anilines is 1. The molecule has 0 amide bonds. The van der Waals surface area contributed by atoms with E-state index in [-0.39, 0.29) is 11.9 Å². The van der Waals surface area contributed by atoms with Gasteiger partial charge in [0.25, 0.3) is 0 Å². The van der Waals surface area contributed by atoms with Crippen molar-refractivity contribution in [2.45, 2.75) is 44.3 Å². The first-order valence-corrected chi connectivity index (χ1v) is 9.19. The fraction of sp³-hybridized carbons (Fsp3) is 0.714. The predicted molar refractivity (Wildman–Crippen MR) is 85.9 cm³/mol. The standard InChI is InChI=1S/C14H22N2O2S2/c1-4-18-13(17)10-5-6-11-12(10)16-14(20-11)15-8-7-9(2)19-3/h9-10H,4-8H2,1-3H3,(H,15,16). The van der Waals surface area contributed by atoms with E-state index in [0.717, 1.165) is 36.6 Å². The Balaban J connectivity index is 1.93. The summed E-state index contributed by atoms with van der Waals surface area (Å²) in [6, 6.07) is 0. The van der Waals surface area contributed by atoms with Crippen LogP contribution in [0.4, 0.5) is 5.13 Å². The quantitative estimate of drug-likeness (QED) is 0.783. The lowest BCUT2D eigenvalue weighted by molar-refractivity contribution is -0.145. The van der Waals surface area contributed by atoms with E-state index in [1.807, 2.05) is 18.7 Å². The van der Waals surface area contributed by atoms with Crippen LogP contribution in [0.15, 0.2) is 0 Å². The van der Waals surface area contributed by atoms with E-state index in [0.29, 0.717) is 11.9 Å². The Labute approximate surface area is 128 Å². The molecule has 20 heavy (non-hydrogen) atoms. The van der Waals surface area contributed by atoms with E-state index in [2.05, 4.69) is 23.5 Å². The van der Waals surface area contributed by atoms with E-state index in [1.165, 1.54) is 4.88 Å². The number of thiazole rings is 1. The minimum Gasteiger partial charge on any atom is -0.465 e. The molecule has 1 N–H and O–H groups in total. The van der Waals surface area contributed by atoms with Gasteiger partial charge in [-0.1, -0.05) is 6.92 Å². The predicted octanol–water partition coefficient (Wildman–Crippen LogP) is 3.29. The largest absolute Gasteiger partial charge is 0.465 e. The number of thioether (sulfide) groups is 1. The molecule has 1 aromatic heterocycles. The second-order valence-electron chi connectivity index (χ2n) is 4.93. The first-order valence-electron chi connectivity index (χ1n) is 7.08. The van der Waals surface area contributed by atoms with Crippen molar-refractivity contribution in [1.29, 1.82) is 0 Å². The van der Waals surface area contributed by atoms with Crippen molar-refractivity contribution < 1.29 is 9.53 Å². The molecule has 1 aromatic rings. The maximum Gasteiger partial charge on any atom is 0.315 e. The average molecular weight is 314 g/mol. The van der Waals surface area contributed by atoms with Gasteiger partial charge in [-0.2, -0.15) is 11.8 Å². The molecule has 1 aliphatic carbocycles. The SMILES string of the molecule is CCOC(=O)C1CCc2sc(NCCC(C)SC)nc21. The first-order chi connectivity index (χ1) is 9.65. The highest BCUT2D eigenvalue weighted by molar-refractivity contribution is 7.99. The number of carbonyl (C=O) groups is 1. The number of esters is 1. The van der Waals surface area contributed by atoms with Crippen LogP contribution in [0.2, 0.25) is 0 Å². The molecule has 0 aliphatic heterocycles. The zero-order chi connectivity index (χ0) is 14.5. The van der Waals surface area contributed by atoms with E-state index in [9.17, 15) is 4.79 Å². The van der Waals surface area contributed by atoms with Crippen LogP contribution in [0.25, 0.3) is 0 Å². The zero-order valence-corrected chi connectivity index (χ0v) is 13.9. The number of hydrogen-bond donors (Lipinski definition) is 1. The number of fused-ring (bicyclic) bond motifs is 1. The Morgan fingerprint density at radius 1 is 1.65 bits per heavy atom. The molecule has 0 aromatic carbocycles. The van der Waals surface area contributed by atoms with Gasteiger partial charge in [0.2, 0.25) is 0 Å². The van der Waals surface area contributed by atoms with Crippen LogP contribution in [0.3, 0.4) is 0 Å². The number of hydrogen-bond acceptors (Lipinski definition) is 6. The Kier molecular flexibility index (Phi) is 5.72. The number of ether oxygens (including phenoxy) is 1. The van der Waals surface area contributed by atoms with Crippen molar-refractivity contribution in [2.75, 3.05) is 24.7 Å². The molecule has 0 saturated heterocycles. The van der Waals surface area contributed by atoms with Gasteiger partial charge in [0.05, 0.1) is 12.3 Å². The fourth-order valence-corrected chi connectivity index (χ4v) is 3.69. The number of nitrogens with one attached hydrogen (secondary N) is 1. The summed E-state index contributed by atoms with van der Waals surface area (Å²) in [5, 5.41) is 4.97. The highest BCUT2D eigenvalue weighted by Crippen LogP contribution is 2.38. The van der Waals surface area contributed by atoms with E-state index >= 15 is 0 Å². The van der Waals surface area contributed by atoms with Gasteiger partial charge >= 0.3 is 5.97 Å². The third kappa shape index (κ3) is 3.67. The minimum atomic E-state index is -0.151. The smallest absolute Gasteiger partial charge is 0.315 e. The van der Waals surface area contributed by atoms with Crippen molar-refractivity contribution >= 4 is 34.2 Å². The van der Waals surface area contributed by atoms with Gasteiger partial charge in [0.15, 0.2) is 5.13 Å². The molecule has 0 fully saturated rings. The monoisotopic (exact) mass is 314 g/mol. The molecule has 112 valence electrons. The van der Waals surface area contributed by atoms with Gasteiger partial charge < -0.3 is 10.1 Å². The van der Waals surface area contributed by atoms with Gasteiger partial charge in [-0.05, 0) is 32.4 Å². The maximum absolute atomic E-state index is 11.9. The van der Waals surface area contributed by atoms with Crippen molar-refractivity contribution in [3.05, 3.63) is 10.6 Å². The van der Waals surface area contributed by atoms with Crippen LogP contribution >= 0.6 is 23.1 Å². The topological polar surface area (TPSA) is 51.2 Å². The summed E-state index contributed by atoms with van der Waals surface area (Å²) < 4.78 is 5.12. The number of carbonyl (C=O) groups excluding carboxylic acids is 1. The van der Waals surface area contributed by atoms with Crippen molar-refractivity contribution in [3.63, 3.8) is 0 Å². The highest BCUT2D eigenvalue weighted by Gasteiger charge is 2.33. The average Bonchev–Trinajstić information content (AvgIpc) is 2.98. The zero-order valence-electron chi connectivity index (χ0n) is 12.3. The summed E-state index contributed by atoms with van der Waals surface area (Å²) >= 11 is 3.56. The van der Waals surface area contributed by atoms with Crippen LogP contribution in [0, 0.1) is 0 Å². The van der Waals surface area contributed by atoms with E-state index < -0.39 is 0 Å². The van der Waals surface area contributed by atoms with Crippen LogP contribution in [-0.4, -0.2) is 35.6 Å². The lowest BCUT2D eigenvalue weighted by Crippen LogP contribution is -2.14. The molecule has 1 aliphatic rings. The molecule has 1 heterocycles. The Bertz CT molecular complexity index is 462. The van der Waals surface area contributed by atoms with E-state index in [4.69, 9.17) is 4.74 Å². The Morgan fingerprint density at radius 3 is 3.15 bits per heavy atom. The van der Waals surface area contributed by atoms with Gasteiger partial charge in [0, 0.05) is 16.7 Å². The Hall–Kier alpha value is -0.750. The van der Waals surface area contributed by atoms with Gasteiger partial charge in [-0.3, -0.25) is 4.79 Å². The lowest BCUT2D eigenvalue weighted by Gasteiger charge is -2.09. The molecular formula is C14H22N2O2S2. The number of aryl methyl sites for hydroxylation is 1. The number of nitrogens with zero attached hydrogens (tertiary/aromatic N) is 1. The van der Waals surface area contributed by atoms with Crippen LogP contribution in [0.1, 0.15) is 43.2 Å². The normalized spacial score (nSPS) is 18.6. The first kappa shape index (κ1) is 15.6. The molecule has 0 bridgehead atoms. The fourth-order valence-electron chi connectivity index (χ4n) is 2.28. The molecule has 2 rings (SSSR count). The second kappa shape index (κ2) is 7.31. The summed E-state index contributed by atoms with van der Waals surface area (Å²) in [5.74, 6) is -0.277. The molecule has 4 nitrogen and oxygen atoms in total. The molecule has 0 radical (unpaired) electrons. The molecule has 2 atom stereocenters. The number of rotatable bonds is 7. The summed E-state index contributed by atoms with van der Waals surface area (Å²) in [7, 11) is 0. The highest BCUT2D eigenvalue weighted by atomic mass is 32.2. The molecule has 0 spiro atoms. The van der Waals surface area contributed by atoms with Crippen LogP contribution < -0.4 is 5.32 Å². The molecular weight excluding hydrogens is 292 g/mol. The van der Waals surface area contributed by atoms with Crippen molar-refractivity contribution in [3.8, 4) is 0 Å². The van der Waals surface area contributed by atoms with Crippen molar-refractivity contribution in [1.82, 2.24) is 4.98 Å².